The van der Waals surface area contributed by atoms with Crippen molar-refractivity contribution in [1.29, 1.82) is 5.26 Å². The SMILES string of the molecule is CN(C(=O)c1cc2cc(C3CCOCC3)ccc2n1C1(C#N)CC1)c1ccccc1. The number of benzene rings is 2. The maximum absolute atomic E-state index is 13.5. The lowest BCUT2D eigenvalue weighted by Gasteiger charge is -2.23. The normalized spacial score (nSPS) is 18.1. The van der Waals surface area contributed by atoms with E-state index in [2.05, 4.69) is 24.3 Å². The Labute approximate surface area is 176 Å². The summed E-state index contributed by atoms with van der Waals surface area (Å²) in [5.41, 5.74) is 3.07. The van der Waals surface area contributed by atoms with E-state index in [1.807, 2.05) is 41.0 Å². The van der Waals surface area contributed by atoms with Gasteiger partial charge >= 0.3 is 0 Å². The molecule has 2 aromatic carbocycles. The van der Waals surface area contributed by atoms with Gasteiger partial charge in [0.2, 0.25) is 0 Å². The number of amides is 1. The molecule has 1 amide bonds. The van der Waals surface area contributed by atoms with Gasteiger partial charge in [0, 0.05) is 31.3 Å². The van der Waals surface area contributed by atoms with Gasteiger partial charge in [0.05, 0.1) is 11.6 Å². The van der Waals surface area contributed by atoms with Crippen molar-refractivity contribution in [2.75, 3.05) is 25.2 Å². The third-order valence-corrected chi connectivity index (χ3v) is 6.55. The van der Waals surface area contributed by atoms with Crippen LogP contribution in [0, 0.1) is 11.3 Å². The second-order valence-corrected chi connectivity index (χ2v) is 8.41. The minimum atomic E-state index is -0.607. The summed E-state index contributed by atoms with van der Waals surface area (Å²) in [5, 5.41) is 10.9. The zero-order chi connectivity index (χ0) is 20.7. The number of hydrogen-bond acceptors (Lipinski definition) is 3. The van der Waals surface area contributed by atoms with E-state index in [0.29, 0.717) is 11.6 Å². The first-order valence-corrected chi connectivity index (χ1v) is 10.6. The average Bonchev–Trinajstić information content (AvgIpc) is 3.51. The van der Waals surface area contributed by atoms with E-state index in [0.717, 1.165) is 55.5 Å². The lowest BCUT2D eigenvalue weighted by molar-refractivity contribution is 0.0853. The standard InChI is InChI=1S/C25H25N3O2/c1-27(21-5-3-2-4-6-21)24(29)23-16-20-15-19(18-9-13-30-14-10-18)7-8-22(20)28(23)25(17-26)11-12-25/h2-8,15-16,18H,9-14H2,1H3. The first kappa shape index (κ1) is 18.9. The summed E-state index contributed by atoms with van der Waals surface area (Å²) in [6.45, 7) is 1.60. The van der Waals surface area contributed by atoms with Gasteiger partial charge in [0.1, 0.15) is 11.2 Å². The Balaban J connectivity index is 1.60. The highest BCUT2D eigenvalue weighted by Crippen LogP contribution is 2.47. The Kier molecular flexibility index (Phi) is 4.60. The number of fused-ring (bicyclic) bond motifs is 1. The van der Waals surface area contributed by atoms with E-state index in [1.165, 1.54) is 5.56 Å². The van der Waals surface area contributed by atoms with Crippen molar-refractivity contribution in [3.05, 3.63) is 65.9 Å². The third kappa shape index (κ3) is 3.09. The van der Waals surface area contributed by atoms with Crippen molar-refractivity contribution in [1.82, 2.24) is 4.57 Å². The smallest absolute Gasteiger partial charge is 0.274 e. The van der Waals surface area contributed by atoms with Gasteiger partial charge in [-0.25, -0.2) is 0 Å². The molecule has 2 fully saturated rings. The number of ether oxygens (including phenoxy) is 1. The molecule has 5 heteroatoms. The van der Waals surface area contributed by atoms with Crippen molar-refractivity contribution in [2.24, 2.45) is 0 Å². The van der Waals surface area contributed by atoms with Gasteiger partial charge in [-0.1, -0.05) is 24.3 Å². The first-order chi connectivity index (χ1) is 14.6. The number of carbonyl (C=O) groups excluding carboxylic acids is 1. The van der Waals surface area contributed by atoms with Crippen molar-refractivity contribution < 1.29 is 9.53 Å². The number of aromatic nitrogens is 1. The summed E-state index contributed by atoms with van der Waals surface area (Å²) in [6, 6.07) is 20.5. The molecule has 2 aliphatic rings. The van der Waals surface area contributed by atoms with E-state index < -0.39 is 5.54 Å². The molecule has 5 rings (SSSR count). The topological polar surface area (TPSA) is 58.3 Å². The second-order valence-electron chi connectivity index (χ2n) is 8.41. The quantitative estimate of drug-likeness (QED) is 0.632. The Hall–Kier alpha value is -3.10. The molecule has 0 bridgehead atoms. The molecule has 5 nitrogen and oxygen atoms in total. The third-order valence-electron chi connectivity index (χ3n) is 6.55. The number of anilines is 1. The van der Waals surface area contributed by atoms with Crippen LogP contribution in [0.3, 0.4) is 0 Å². The van der Waals surface area contributed by atoms with Crippen molar-refractivity contribution in [3.63, 3.8) is 0 Å². The Morgan fingerprint density at radius 2 is 1.87 bits per heavy atom. The van der Waals surface area contributed by atoms with E-state index in [4.69, 9.17) is 4.74 Å². The van der Waals surface area contributed by atoms with Gasteiger partial charge in [0.25, 0.3) is 5.91 Å². The fraction of sp³-hybridized carbons (Fsp3) is 0.360. The Morgan fingerprint density at radius 3 is 2.53 bits per heavy atom. The van der Waals surface area contributed by atoms with Crippen LogP contribution in [0.1, 0.15) is 47.7 Å². The molecule has 0 atom stereocenters. The first-order valence-electron chi connectivity index (χ1n) is 10.6. The molecule has 0 radical (unpaired) electrons. The highest BCUT2D eigenvalue weighted by molar-refractivity contribution is 6.08. The maximum Gasteiger partial charge on any atom is 0.274 e. The van der Waals surface area contributed by atoms with Gasteiger partial charge in [-0.15, -0.1) is 0 Å². The summed E-state index contributed by atoms with van der Waals surface area (Å²) in [5.74, 6) is 0.398. The van der Waals surface area contributed by atoms with Gasteiger partial charge in [-0.2, -0.15) is 5.26 Å². The molecule has 0 N–H and O–H groups in total. The monoisotopic (exact) mass is 399 g/mol. The molecular weight excluding hydrogens is 374 g/mol. The number of rotatable bonds is 4. The van der Waals surface area contributed by atoms with Crippen LogP contribution in [0.15, 0.2) is 54.6 Å². The molecule has 1 aliphatic carbocycles. The molecule has 30 heavy (non-hydrogen) atoms. The van der Waals surface area contributed by atoms with Crippen LogP contribution in [0.4, 0.5) is 5.69 Å². The average molecular weight is 399 g/mol. The second kappa shape index (κ2) is 7.30. The molecule has 0 unspecified atom stereocenters. The van der Waals surface area contributed by atoms with E-state index in [-0.39, 0.29) is 5.91 Å². The fourth-order valence-corrected chi connectivity index (χ4v) is 4.58. The molecule has 1 aromatic heterocycles. The van der Waals surface area contributed by atoms with Crippen LogP contribution >= 0.6 is 0 Å². The lowest BCUT2D eigenvalue weighted by atomic mass is 9.91. The maximum atomic E-state index is 13.5. The van der Waals surface area contributed by atoms with Gasteiger partial charge in [0.15, 0.2) is 0 Å². The number of hydrogen-bond donors (Lipinski definition) is 0. The van der Waals surface area contributed by atoms with E-state index in [1.54, 1.807) is 11.9 Å². The number of para-hydroxylation sites is 1. The molecule has 2 heterocycles. The molecular formula is C25H25N3O2. The highest BCUT2D eigenvalue weighted by atomic mass is 16.5. The summed E-state index contributed by atoms with van der Waals surface area (Å²) in [7, 11) is 1.79. The molecule has 0 spiro atoms. The predicted molar refractivity (Wildman–Crippen MR) is 117 cm³/mol. The Bertz CT molecular complexity index is 1130. The van der Waals surface area contributed by atoms with Gasteiger partial charge in [-0.05, 0) is 67.5 Å². The molecule has 3 aromatic rings. The number of nitrogens with zero attached hydrogens (tertiary/aromatic N) is 3. The van der Waals surface area contributed by atoms with Crippen LogP contribution < -0.4 is 4.90 Å². The number of nitriles is 1. The summed E-state index contributed by atoms with van der Waals surface area (Å²) in [6.07, 6.45) is 3.61. The summed E-state index contributed by atoms with van der Waals surface area (Å²) in [4.78, 5) is 15.2. The van der Waals surface area contributed by atoms with Crippen LogP contribution in [-0.4, -0.2) is 30.7 Å². The van der Waals surface area contributed by atoms with Crippen LogP contribution in [0.25, 0.3) is 10.9 Å². The molecule has 1 saturated heterocycles. The van der Waals surface area contributed by atoms with Crippen LogP contribution in [0.2, 0.25) is 0 Å². The molecule has 1 aliphatic heterocycles. The summed E-state index contributed by atoms with van der Waals surface area (Å²) < 4.78 is 7.49. The molecule has 1 saturated carbocycles. The molecule has 152 valence electrons. The van der Waals surface area contributed by atoms with Gasteiger partial charge in [-0.3, -0.25) is 4.79 Å². The highest BCUT2D eigenvalue weighted by Gasteiger charge is 2.48. The summed E-state index contributed by atoms with van der Waals surface area (Å²) >= 11 is 0. The van der Waals surface area contributed by atoms with E-state index >= 15 is 0 Å². The fourth-order valence-electron chi connectivity index (χ4n) is 4.58. The van der Waals surface area contributed by atoms with Gasteiger partial charge < -0.3 is 14.2 Å². The van der Waals surface area contributed by atoms with Crippen molar-refractivity contribution in [2.45, 2.75) is 37.1 Å². The minimum absolute atomic E-state index is 0.0912. The van der Waals surface area contributed by atoms with Crippen LogP contribution in [-0.2, 0) is 10.3 Å². The predicted octanol–water partition coefficient (Wildman–Crippen LogP) is 4.82. The zero-order valence-electron chi connectivity index (χ0n) is 17.2. The van der Waals surface area contributed by atoms with Crippen LogP contribution in [0.5, 0.6) is 0 Å². The van der Waals surface area contributed by atoms with Crippen molar-refractivity contribution in [3.8, 4) is 6.07 Å². The van der Waals surface area contributed by atoms with Crippen molar-refractivity contribution >= 4 is 22.5 Å². The number of carbonyl (C=O) groups is 1. The largest absolute Gasteiger partial charge is 0.381 e. The minimum Gasteiger partial charge on any atom is -0.381 e. The zero-order valence-corrected chi connectivity index (χ0v) is 17.2. The Morgan fingerprint density at radius 1 is 1.13 bits per heavy atom. The lowest BCUT2D eigenvalue weighted by Crippen LogP contribution is -2.30. The van der Waals surface area contributed by atoms with E-state index in [9.17, 15) is 10.1 Å².